The summed E-state index contributed by atoms with van der Waals surface area (Å²) in [5.74, 6) is 0.108. The maximum Gasteiger partial charge on any atom is 0.203 e. The number of thioether (sulfide) groups is 1. The fourth-order valence-corrected chi connectivity index (χ4v) is 6.20. The molecule has 18 heavy (non-hydrogen) atoms. The maximum atomic E-state index is 12.0. The Morgan fingerprint density at radius 3 is 2.83 bits per heavy atom. The van der Waals surface area contributed by atoms with Crippen LogP contribution < -0.4 is 5.73 Å². The number of nitrogens with zero attached hydrogens (tertiary/aromatic N) is 2. The summed E-state index contributed by atoms with van der Waals surface area (Å²) in [5, 5.41) is 7.91. The number of aromatic nitrogens is 2. The topological polar surface area (TPSA) is 85.9 Å². The summed E-state index contributed by atoms with van der Waals surface area (Å²) >= 11 is 2.68. The van der Waals surface area contributed by atoms with Crippen molar-refractivity contribution in [2.45, 2.75) is 14.5 Å². The highest BCUT2D eigenvalue weighted by atomic mass is 32.2. The Hall–Kier alpha value is -1.12. The van der Waals surface area contributed by atoms with Crippen LogP contribution >= 0.6 is 23.1 Å². The van der Waals surface area contributed by atoms with Crippen molar-refractivity contribution >= 4 is 38.1 Å². The van der Waals surface area contributed by atoms with Gasteiger partial charge in [-0.15, -0.1) is 10.2 Å². The zero-order valence-corrected chi connectivity index (χ0v) is 11.6. The molecule has 2 N–H and O–H groups in total. The summed E-state index contributed by atoms with van der Waals surface area (Å²) in [6, 6.07) is 7.09. The Kier molecular flexibility index (Phi) is 2.80. The minimum atomic E-state index is -3.16. The van der Waals surface area contributed by atoms with Crippen LogP contribution in [0.2, 0.25) is 0 Å². The lowest BCUT2D eigenvalue weighted by Gasteiger charge is -2.05. The molecular formula is C10H9N3O2S3. The van der Waals surface area contributed by atoms with Crippen LogP contribution in [0.4, 0.5) is 5.13 Å². The quantitative estimate of drug-likeness (QED) is 0.909. The van der Waals surface area contributed by atoms with Gasteiger partial charge in [-0.2, -0.15) is 0 Å². The zero-order chi connectivity index (χ0) is 12.8. The van der Waals surface area contributed by atoms with Gasteiger partial charge < -0.3 is 5.73 Å². The Morgan fingerprint density at radius 1 is 1.33 bits per heavy atom. The molecule has 2 heterocycles. The van der Waals surface area contributed by atoms with Gasteiger partial charge in [0.05, 0.1) is 15.9 Å². The van der Waals surface area contributed by atoms with Gasteiger partial charge in [0.2, 0.25) is 5.13 Å². The van der Waals surface area contributed by atoms with E-state index in [1.807, 2.05) is 12.1 Å². The Bertz CT molecular complexity index is 696. The summed E-state index contributed by atoms with van der Waals surface area (Å²) in [6.45, 7) is 0. The van der Waals surface area contributed by atoms with Gasteiger partial charge in [0.15, 0.2) is 14.2 Å². The predicted octanol–water partition coefficient (Wildman–Crippen LogP) is 1.74. The molecule has 1 atom stereocenters. The van der Waals surface area contributed by atoms with Crippen molar-refractivity contribution in [3.05, 3.63) is 29.8 Å². The molecule has 1 aliphatic rings. The smallest absolute Gasteiger partial charge is 0.203 e. The molecule has 0 aliphatic carbocycles. The minimum Gasteiger partial charge on any atom is -0.374 e. The second-order valence-corrected chi connectivity index (χ2v) is 8.29. The van der Waals surface area contributed by atoms with E-state index in [2.05, 4.69) is 10.2 Å². The number of anilines is 1. The molecular weight excluding hydrogens is 290 g/mol. The fraction of sp³-hybridized carbons (Fsp3) is 0.200. The number of sulfone groups is 1. The average molecular weight is 299 g/mol. The van der Waals surface area contributed by atoms with Crippen molar-refractivity contribution in [1.29, 1.82) is 0 Å². The van der Waals surface area contributed by atoms with Gasteiger partial charge >= 0.3 is 0 Å². The second-order valence-electron chi connectivity index (χ2n) is 3.83. The van der Waals surface area contributed by atoms with E-state index in [1.165, 1.54) is 23.1 Å². The van der Waals surface area contributed by atoms with E-state index in [9.17, 15) is 8.42 Å². The molecule has 1 aromatic carbocycles. The summed E-state index contributed by atoms with van der Waals surface area (Å²) in [7, 11) is -3.16. The van der Waals surface area contributed by atoms with Crippen molar-refractivity contribution in [1.82, 2.24) is 10.2 Å². The van der Waals surface area contributed by atoms with Gasteiger partial charge in [-0.25, -0.2) is 8.42 Å². The molecule has 0 fully saturated rings. The van der Waals surface area contributed by atoms with Crippen LogP contribution in [-0.4, -0.2) is 24.4 Å². The Labute approximate surface area is 112 Å². The summed E-state index contributed by atoms with van der Waals surface area (Å²) in [5.41, 5.74) is 6.36. The highest BCUT2D eigenvalue weighted by Crippen LogP contribution is 2.45. The van der Waals surface area contributed by atoms with Gasteiger partial charge in [-0.05, 0) is 11.6 Å². The van der Waals surface area contributed by atoms with Gasteiger partial charge in [0.25, 0.3) is 0 Å². The number of hydrogen-bond donors (Lipinski definition) is 1. The average Bonchev–Trinajstić information content (AvgIpc) is 2.83. The van der Waals surface area contributed by atoms with Gasteiger partial charge in [0, 0.05) is 0 Å². The number of nitrogen functional groups attached to an aromatic ring is 1. The highest BCUT2D eigenvalue weighted by Gasteiger charge is 2.35. The third-order valence-corrected chi connectivity index (χ3v) is 6.74. The molecule has 94 valence electrons. The molecule has 0 spiro atoms. The first-order valence-electron chi connectivity index (χ1n) is 5.13. The second kappa shape index (κ2) is 4.22. The van der Waals surface area contributed by atoms with E-state index in [0.717, 1.165) is 5.56 Å². The Balaban J connectivity index is 1.97. The van der Waals surface area contributed by atoms with Crippen molar-refractivity contribution in [2.24, 2.45) is 0 Å². The number of hydrogen-bond acceptors (Lipinski definition) is 7. The van der Waals surface area contributed by atoms with Crippen LogP contribution in [0.5, 0.6) is 0 Å². The number of rotatable bonds is 2. The van der Waals surface area contributed by atoms with Gasteiger partial charge in [0.1, 0.15) is 0 Å². The van der Waals surface area contributed by atoms with Crippen LogP contribution in [-0.2, 0) is 9.84 Å². The molecule has 1 unspecified atom stereocenters. The van der Waals surface area contributed by atoms with Crippen molar-refractivity contribution in [3.8, 4) is 0 Å². The van der Waals surface area contributed by atoms with E-state index in [4.69, 9.17) is 5.73 Å². The van der Waals surface area contributed by atoms with Crippen molar-refractivity contribution in [3.63, 3.8) is 0 Å². The lowest BCUT2D eigenvalue weighted by Crippen LogP contribution is -2.00. The van der Waals surface area contributed by atoms with Crippen LogP contribution in [0.25, 0.3) is 0 Å². The number of benzene rings is 1. The van der Waals surface area contributed by atoms with Crippen LogP contribution in [0.1, 0.15) is 10.8 Å². The molecule has 0 amide bonds. The molecule has 0 saturated heterocycles. The Morgan fingerprint density at radius 2 is 2.11 bits per heavy atom. The molecule has 0 radical (unpaired) electrons. The zero-order valence-electron chi connectivity index (χ0n) is 9.11. The summed E-state index contributed by atoms with van der Waals surface area (Å²) < 4.78 is 24.7. The standard InChI is InChI=1S/C10H9N3O2S3/c11-9-12-13-10(17-9)16-7-5-18(14,15)8-4-2-1-3-6(7)8/h1-4,7H,5H2,(H2,11,12). The molecule has 0 saturated carbocycles. The summed E-state index contributed by atoms with van der Waals surface area (Å²) in [4.78, 5) is 0.431. The van der Waals surface area contributed by atoms with Gasteiger partial charge in [-0.3, -0.25) is 0 Å². The normalized spacial score (nSPS) is 20.8. The minimum absolute atomic E-state index is 0.108. The largest absolute Gasteiger partial charge is 0.374 e. The van der Waals surface area contributed by atoms with Crippen molar-refractivity contribution < 1.29 is 8.42 Å². The lowest BCUT2D eigenvalue weighted by molar-refractivity contribution is 0.600. The molecule has 1 aliphatic heterocycles. The first-order chi connectivity index (χ1) is 8.56. The lowest BCUT2D eigenvalue weighted by atomic mass is 10.2. The number of nitrogens with two attached hydrogens (primary N) is 1. The van der Waals surface area contributed by atoms with E-state index >= 15 is 0 Å². The van der Waals surface area contributed by atoms with E-state index in [0.29, 0.717) is 14.4 Å². The third kappa shape index (κ3) is 2.00. The molecule has 2 aromatic rings. The van der Waals surface area contributed by atoms with Crippen LogP contribution in [0.3, 0.4) is 0 Å². The molecule has 5 nitrogen and oxygen atoms in total. The predicted molar refractivity (Wildman–Crippen MR) is 71.4 cm³/mol. The molecule has 3 rings (SSSR count). The van der Waals surface area contributed by atoms with E-state index in [1.54, 1.807) is 12.1 Å². The maximum absolute atomic E-state index is 12.0. The van der Waals surface area contributed by atoms with Gasteiger partial charge in [-0.1, -0.05) is 41.3 Å². The van der Waals surface area contributed by atoms with E-state index in [-0.39, 0.29) is 11.0 Å². The fourth-order valence-electron chi connectivity index (χ4n) is 1.90. The third-order valence-electron chi connectivity index (χ3n) is 2.64. The van der Waals surface area contributed by atoms with E-state index < -0.39 is 9.84 Å². The van der Waals surface area contributed by atoms with Crippen LogP contribution in [0.15, 0.2) is 33.5 Å². The van der Waals surface area contributed by atoms with Crippen LogP contribution in [0, 0.1) is 0 Å². The monoisotopic (exact) mass is 299 g/mol. The first-order valence-corrected chi connectivity index (χ1v) is 8.48. The summed E-state index contributed by atoms with van der Waals surface area (Å²) in [6.07, 6.45) is 0. The molecule has 1 aromatic heterocycles. The highest BCUT2D eigenvalue weighted by molar-refractivity contribution is 8.03. The first kappa shape index (κ1) is 11.9. The molecule has 0 bridgehead atoms. The SMILES string of the molecule is Nc1nnc(SC2CS(=O)(=O)c3ccccc32)s1. The number of fused-ring (bicyclic) bond motifs is 1. The van der Waals surface area contributed by atoms with Crippen molar-refractivity contribution in [2.75, 3.05) is 11.5 Å². The molecule has 8 heteroatoms.